The fourth-order valence-corrected chi connectivity index (χ4v) is 3.08. The van der Waals surface area contributed by atoms with E-state index in [1.807, 2.05) is 0 Å². The summed E-state index contributed by atoms with van der Waals surface area (Å²) in [6.07, 6.45) is 2.41. The Kier molecular flexibility index (Phi) is 7.37. The molecule has 1 aromatic rings. The molecule has 0 bridgehead atoms. The van der Waals surface area contributed by atoms with Crippen LogP contribution in [0, 0.1) is 11.8 Å². The lowest BCUT2D eigenvalue weighted by Crippen LogP contribution is -2.45. The molecule has 0 spiro atoms. The summed E-state index contributed by atoms with van der Waals surface area (Å²) in [4.78, 5) is 2.43. The van der Waals surface area contributed by atoms with Crippen LogP contribution in [0.15, 0.2) is 30.3 Å². The molecule has 22 heavy (non-hydrogen) atoms. The Morgan fingerprint density at radius 2 is 1.86 bits per heavy atom. The van der Waals surface area contributed by atoms with Gasteiger partial charge in [0.15, 0.2) is 0 Å². The van der Waals surface area contributed by atoms with E-state index in [9.17, 15) is 0 Å². The minimum Gasteiger partial charge on any atom is -0.381 e. The van der Waals surface area contributed by atoms with Gasteiger partial charge in [-0.05, 0) is 43.8 Å². The number of nitrogens with zero attached hydrogens (tertiary/aromatic N) is 1. The molecule has 1 aliphatic rings. The van der Waals surface area contributed by atoms with E-state index in [-0.39, 0.29) is 0 Å². The monoisotopic (exact) mass is 304 g/mol. The van der Waals surface area contributed by atoms with E-state index in [0.29, 0.717) is 12.0 Å². The second kappa shape index (κ2) is 9.29. The highest BCUT2D eigenvalue weighted by atomic mass is 16.5. The average molecular weight is 304 g/mol. The van der Waals surface area contributed by atoms with Crippen LogP contribution in [0.3, 0.4) is 0 Å². The highest BCUT2D eigenvalue weighted by Gasteiger charge is 2.19. The Hall–Kier alpha value is -0.900. The maximum absolute atomic E-state index is 5.45. The van der Waals surface area contributed by atoms with Crippen LogP contribution in [-0.2, 0) is 11.3 Å². The molecule has 1 atom stereocenters. The lowest BCUT2D eigenvalue weighted by atomic mass is 9.98. The molecule has 0 radical (unpaired) electrons. The maximum Gasteiger partial charge on any atom is 0.0469 e. The van der Waals surface area contributed by atoms with Gasteiger partial charge in [-0.1, -0.05) is 44.2 Å². The summed E-state index contributed by atoms with van der Waals surface area (Å²) >= 11 is 0. The maximum atomic E-state index is 5.45. The molecule has 1 aromatic carbocycles. The van der Waals surface area contributed by atoms with E-state index in [0.717, 1.165) is 38.8 Å². The molecule has 1 N–H and O–H groups in total. The van der Waals surface area contributed by atoms with Gasteiger partial charge in [0.1, 0.15) is 0 Å². The van der Waals surface area contributed by atoms with Crippen molar-refractivity contribution in [2.45, 2.75) is 39.3 Å². The van der Waals surface area contributed by atoms with Gasteiger partial charge in [0.2, 0.25) is 0 Å². The van der Waals surface area contributed by atoms with Gasteiger partial charge < -0.3 is 15.0 Å². The minimum absolute atomic E-state index is 0.552. The summed E-state index contributed by atoms with van der Waals surface area (Å²) in [5.74, 6) is 1.44. The number of rotatable bonds is 8. The van der Waals surface area contributed by atoms with E-state index in [1.54, 1.807) is 0 Å². The van der Waals surface area contributed by atoms with E-state index in [2.05, 4.69) is 61.4 Å². The summed E-state index contributed by atoms with van der Waals surface area (Å²) in [7, 11) is 2.22. The Morgan fingerprint density at radius 1 is 1.18 bits per heavy atom. The second-order valence-electron chi connectivity index (χ2n) is 7.00. The molecule has 1 heterocycles. The van der Waals surface area contributed by atoms with Crippen LogP contribution in [0.1, 0.15) is 32.3 Å². The molecule has 0 unspecified atom stereocenters. The molecule has 0 amide bonds. The van der Waals surface area contributed by atoms with Gasteiger partial charge in [-0.25, -0.2) is 0 Å². The standard InChI is InChI=1S/C19H32N2O/c1-16(2)19(20-13-17-9-11-22-12-10-17)15-21(3)14-18-7-5-4-6-8-18/h4-8,16-17,19-20H,9-15H2,1-3H3/t19-/m1/s1. The highest BCUT2D eigenvalue weighted by molar-refractivity contribution is 5.14. The van der Waals surface area contributed by atoms with Crippen LogP contribution in [-0.4, -0.2) is 44.3 Å². The van der Waals surface area contributed by atoms with Crippen molar-refractivity contribution in [2.24, 2.45) is 11.8 Å². The van der Waals surface area contributed by atoms with E-state index < -0.39 is 0 Å². The Balaban J connectivity index is 1.77. The molecule has 124 valence electrons. The fraction of sp³-hybridized carbons (Fsp3) is 0.684. The number of benzene rings is 1. The first-order valence-corrected chi connectivity index (χ1v) is 8.68. The van der Waals surface area contributed by atoms with Crippen LogP contribution in [0.4, 0.5) is 0 Å². The fourth-order valence-electron chi connectivity index (χ4n) is 3.08. The number of hydrogen-bond donors (Lipinski definition) is 1. The minimum atomic E-state index is 0.552. The lowest BCUT2D eigenvalue weighted by Gasteiger charge is -2.30. The zero-order valence-electron chi connectivity index (χ0n) is 14.4. The van der Waals surface area contributed by atoms with Gasteiger partial charge in [0, 0.05) is 32.3 Å². The van der Waals surface area contributed by atoms with Gasteiger partial charge in [-0.3, -0.25) is 0 Å². The molecule has 3 heteroatoms. The SMILES string of the molecule is CC(C)[C@@H](CN(C)Cc1ccccc1)NCC1CCOCC1. The molecule has 0 aromatic heterocycles. The van der Waals surface area contributed by atoms with Crippen LogP contribution >= 0.6 is 0 Å². The van der Waals surface area contributed by atoms with Crippen LogP contribution in [0.2, 0.25) is 0 Å². The summed E-state index contributed by atoms with van der Waals surface area (Å²) in [5.41, 5.74) is 1.39. The van der Waals surface area contributed by atoms with Crippen molar-refractivity contribution in [1.29, 1.82) is 0 Å². The van der Waals surface area contributed by atoms with Gasteiger partial charge >= 0.3 is 0 Å². The summed E-state index contributed by atoms with van der Waals surface area (Å²) in [6, 6.07) is 11.3. The van der Waals surface area contributed by atoms with Crippen molar-refractivity contribution in [1.82, 2.24) is 10.2 Å². The molecule has 3 nitrogen and oxygen atoms in total. The van der Waals surface area contributed by atoms with Crippen molar-refractivity contribution in [3.63, 3.8) is 0 Å². The van der Waals surface area contributed by atoms with Crippen molar-refractivity contribution in [3.05, 3.63) is 35.9 Å². The van der Waals surface area contributed by atoms with E-state index in [1.165, 1.54) is 18.4 Å². The zero-order chi connectivity index (χ0) is 15.8. The number of hydrogen-bond acceptors (Lipinski definition) is 3. The van der Waals surface area contributed by atoms with Crippen molar-refractivity contribution >= 4 is 0 Å². The van der Waals surface area contributed by atoms with Gasteiger partial charge in [-0.2, -0.15) is 0 Å². The summed E-state index contributed by atoms with van der Waals surface area (Å²) in [6.45, 7) is 9.75. The van der Waals surface area contributed by atoms with Crippen LogP contribution in [0.5, 0.6) is 0 Å². The molecule has 1 fully saturated rings. The summed E-state index contributed by atoms with van der Waals surface area (Å²) < 4.78 is 5.45. The average Bonchev–Trinajstić information content (AvgIpc) is 2.53. The Labute approximate surface area is 136 Å². The van der Waals surface area contributed by atoms with Crippen LogP contribution < -0.4 is 5.32 Å². The Bertz CT molecular complexity index is 401. The molecular formula is C19H32N2O. The smallest absolute Gasteiger partial charge is 0.0469 e. The van der Waals surface area contributed by atoms with Crippen molar-refractivity contribution in [2.75, 3.05) is 33.4 Å². The van der Waals surface area contributed by atoms with Crippen molar-refractivity contribution in [3.8, 4) is 0 Å². The molecule has 2 rings (SSSR count). The summed E-state index contributed by atoms with van der Waals surface area (Å²) in [5, 5.41) is 3.81. The van der Waals surface area contributed by atoms with E-state index in [4.69, 9.17) is 4.74 Å². The molecule has 0 saturated carbocycles. The molecular weight excluding hydrogens is 272 g/mol. The van der Waals surface area contributed by atoms with Gasteiger partial charge in [-0.15, -0.1) is 0 Å². The second-order valence-corrected chi connectivity index (χ2v) is 7.00. The van der Waals surface area contributed by atoms with Gasteiger partial charge in [0.25, 0.3) is 0 Å². The first kappa shape index (κ1) is 17.5. The van der Waals surface area contributed by atoms with E-state index >= 15 is 0 Å². The first-order chi connectivity index (χ1) is 10.6. The number of nitrogens with one attached hydrogen (secondary N) is 1. The largest absolute Gasteiger partial charge is 0.381 e. The number of likely N-dealkylation sites (N-methyl/N-ethyl adjacent to an activating group) is 1. The van der Waals surface area contributed by atoms with Gasteiger partial charge in [0.05, 0.1) is 0 Å². The normalized spacial score (nSPS) is 18.0. The first-order valence-electron chi connectivity index (χ1n) is 8.68. The molecule has 0 aliphatic carbocycles. The molecule has 1 saturated heterocycles. The van der Waals surface area contributed by atoms with Crippen molar-refractivity contribution < 1.29 is 4.74 Å². The third-order valence-electron chi connectivity index (χ3n) is 4.62. The topological polar surface area (TPSA) is 24.5 Å². The lowest BCUT2D eigenvalue weighted by molar-refractivity contribution is 0.0642. The Morgan fingerprint density at radius 3 is 2.50 bits per heavy atom. The molecule has 1 aliphatic heterocycles. The van der Waals surface area contributed by atoms with Crippen LogP contribution in [0.25, 0.3) is 0 Å². The predicted molar refractivity (Wildman–Crippen MR) is 92.9 cm³/mol. The predicted octanol–water partition coefficient (Wildman–Crippen LogP) is 3.16. The zero-order valence-corrected chi connectivity index (χ0v) is 14.4. The third kappa shape index (κ3) is 6.07. The third-order valence-corrected chi connectivity index (χ3v) is 4.62. The number of ether oxygens (including phenoxy) is 1. The highest BCUT2D eigenvalue weighted by Crippen LogP contribution is 2.15. The quantitative estimate of drug-likeness (QED) is 0.798.